The number of nitrogens with zero attached hydrogens (tertiary/aromatic N) is 2. The zero-order chi connectivity index (χ0) is 15.6. The van der Waals surface area contributed by atoms with E-state index in [1.54, 1.807) is 6.07 Å². The van der Waals surface area contributed by atoms with E-state index in [4.69, 9.17) is 27.9 Å². The molecule has 1 aromatic carbocycles. The monoisotopic (exact) mass is 342 g/mol. The van der Waals surface area contributed by atoms with Crippen molar-refractivity contribution in [3.8, 4) is 11.6 Å². The highest BCUT2D eigenvalue weighted by Gasteiger charge is 2.12. The second kappa shape index (κ2) is 6.86. The van der Waals surface area contributed by atoms with Crippen LogP contribution in [0.2, 0.25) is 10.2 Å². The lowest BCUT2D eigenvalue weighted by Gasteiger charge is -2.14. The summed E-state index contributed by atoms with van der Waals surface area (Å²) in [6.07, 6.45) is 1.89. The molecule has 0 saturated heterocycles. The number of benzene rings is 1. The Balaban J connectivity index is 2.39. The lowest BCUT2D eigenvalue weighted by Crippen LogP contribution is -1.97. The zero-order valence-corrected chi connectivity index (χ0v) is 14.6. The molecule has 6 heteroatoms. The van der Waals surface area contributed by atoms with Crippen LogP contribution < -0.4 is 4.74 Å². The quantitative estimate of drug-likeness (QED) is 0.403. The summed E-state index contributed by atoms with van der Waals surface area (Å²) in [7, 11) is 0. The number of rotatable bonds is 4. The van der Waals surface area contributed by atoms with Gasteiger partial charge in [0.2, 0.25) is 5.88 Å². The normalized spacial score (nSPS) is 11.0. The average Bonchev–Trinajstić information content (AvgIpc) is 2.40. The van der Waals surface area contributed by atoms with Gasteiger partial charge in [0.1, 0.15) is 10.9 Å². The van der Waals surface area contributed by atoms with Gasteiger partial charge in [-0.25, -0.2) is 4.98 Å². The second-order valence-electron chi connectivity index (χ2n) is 4.91. The predicted octanol–water partition coefficient (Wildman–Crippen LogP) is 5.73. The smallest absolute Gasteiger partial charge is 0.224 e. The number of aromatic nitrogens is 2. The Bertz CT molecular complexity index is 662. The molecular weight excluding hydrogens is 327 g/mol. The van der Waals surface area contributed by atoms with Crippen LogP contribution in [0.4, 0.5) is 0 Å². The van der Waals surface area contributed by atoms with E-state index in [-0.39, 0.29) is 0 Å². The van der Waals surface area contributed by atoms with Crippen LogP contribution >= 0.6 is 35.0 Å². The maximum absolute atomic E-state index is 6.27. The summed E-state index contributed by atoms with van der Waals surface area (Å²) in [5, 5.41) is 1.69. The highest BCUT2D eigenvalue weighted by Crippen LogP contribution is 2.34. The van der Waals surface area contributed by atoms with Crippen LogP contribution in [-0.4, -0.2) is 16.2 Å². The van der Waals surface area contributed by atoms with Gasteiger partial charge in [-0.05, 0) is 42.4 Å². The average molecular weight is 343 g/mol. The maximum atomic E-state index is 6.27. The van der Waals surface area contributed by atoms with Gasteiger partial charge in [0.05, 0.1) is 0 Å². The molecule has 21 heavy (non-hydrogen) atoms. The molecule has 0 saturated carbocycles. The molecule has 0 aliphatic heterocycles. The third kappa shape index (κ3) is 4.02. The molecule has 0 N–H and O–H groups in total. The fourth-order valence-electron chi connectivity index (χ4n) is 1.85. The SMILES string of the molecule is CSc1nc(Cl)cc(Oc2cc(C(C)C)c(Cl)cc2C)n1. The zero-order valence-electron chi connectivity index (χ0n) is 12.3. The first-order valence-electron chi connectivity index (χ1n) is 6.47. The Morgan fingerprint density at radius 3 is 2.48 bits per heavy atom. The molecule has 1 heterocycles. The van der Waals surface area contributed by atoms with E-state index < -0.39 is 0 Å². The molecule has 2 rings (SSSR count). The molecule has 0 radical (unpaired) electrons. The van der Waals surface area contributed by atoms with Gasteiger partial charge >= 0.3 is 0 Å². The minimum absolute atomic E-state index is 0.316. The molecular formula is C15H16Cl2N2OS. The minimum atomic E-state index is 0.316. The van der Waals surface area contributed by atoms with Crippen LogP contribution in [0.15, 0.2) is 23.4 Å². The number of hydrogen-bond acceptors (Lipinski definition) is 4. The minimum Gasteiger partial charge on any atom is -0.439 e. The van der Waals surface area contributed by atoms with E-state index in [2.05, 4.69) is 23.8 Å². The van der Waals surface area contributed by atoms with Gasteiger partial charge in [-0.3, -0.25) is 0 Å². The Kier molecular flexibility index (Phi) is 5.36. The molecule has 0 spiro atoms. The van der Waals surface area contributed by atoms with Crippen LogP contribution in [0, 0.1) is 6.92 Å². The topological polar surface area (TPSA) is 35.0 Å². The number of thioether (sulfide) groups is 1. The first-order chi connectivity index (χ1) is 9.90. The summed E-state index contributed by atoms with van der Waals surface area (Å²) in [5.41, 5.74) is 1.99. The summed E-state index contributed by atoms with van der Waals surface area (Å²) in [6, 6.07) is 5.46. The molecule has 2 aromatic rings. The van der Waals surface area contributed by atoms with Crippen molar-refractivity contribution in [3.63, 3.8) is 0 Å². The highest BCUT2D eigenvalue weighted by molar-refractivity contribution is 7.98. The fraction of sp³-hybridized carbons (Fsp3) is 0.333. The molecule has 0 atom stereocenters. The lowest BCUT2D eigenvalue weighted by molar-refractivity contribution is 0.451. The molecule has 0 bridgehead atoms. The van der Waals surface area contributed by atoms with Crippen LogP contribution in [0.1, 0.15) is 30.9 Å². The highest BCUT2D eigenvalue weighted by atomic mass is 35.5. The van der Waals surface area contributed by atoms with Crippen LogP contribution in [0.25, 0.3) is 0 Å². The summed E-state index contributed by atoms with van der Waals surface area (Å²) in [6.45, 7) is 6.13. The molecule has 0 unspecified atom stereocenters. The van der Waals surface area contributed by atoms with Crippen molar-refractivity contribution in [3.05, 3.63) is 39.5 Å². The molecule has 0 fully saturated rings. The van der Waals surface area contributed by atoms with E-state index in [1.165, 1.54) is 11.8 Å². The van der Waals surface area contributed by atoms with Gasteiger partial charge in [-0.15, -0.1) is 0 Å². The molecule has 112 valence electrons. The van der Waals surface area contributed by atoms with Gasteiger partial charge in [-0.2, -0.15) is 4.98 Å². The van der Waals surface area contributed by atoms with E-state index in [9.17, 15) is 0 Å². The van der Waals surface area contributed by atoms with Crippen LogP contribution in [0.5, 0.6) is 11.6 Å². The van der Waals surface area contributed by atoms with Gasteiger partial charge < -0.3 is 4.74 Å². The first kappa shape index (κ1) is 16.4. The number of halogens is 2. The maximum Gasteiger partial charge on any atom is 0.224 e. The van der Waals surface area contributed by atoms with E-state index >= 15 is 0 Å². The third-order valence-electron chi connectivity index (χ3n) is 2.96. The largest absolute Gasteiger partial charge is 0.439 e. The predicted molar refractivity (Wildman–Crippen MR) is 89.2 cm³/mol. The Morgan fingerprint density at radius 1 is 1.14 bits per heavy atom. The van der Waals surface area contributed by atoms with Crippen molar-refractivity contribution in [2.24, 2.45) is 0 Å². The molecule has 0 aliphatic rings. The van der Waals surface area contributed by atoms with Crippen LogP contribution in [-0.2, 0) is 0 Å². The fourth-order valence-corrected chi connectivity index (χ4v) is 2.89. The van der Waals surface area contributed by atoms with Crippen molar-refractivity contribution >= 4 is 35.0 Å². The summed E-state index contributed by atoms with van der Waals surface area (Å²) in [4.78, 5) is 8.39. The van der Waals surface area contributed by atoms with Crippen molar-refractivity contribution < 1.29 is 4.74 Å². The van der Waals surface area contributed by atoms with Crippen molar-refractivity contribution in [1.29, 1.82) is 0 Å². The Labute approximate surface area is 139 Å². The van der Waals surface area contributed by atoms with Gasteiger partial charge in [0.15, 0.2) is 5.16 Å². The number of hydrogen-bond donors (Lipinski definition) is 0. The molecule has 0 amide bonds. The van der Waals surface area contributed by atoms with Crippen molar-refractivity contribution in [2.45, 2.75) is 31.8 Å². The summed E-state index contributed by atoms with van der Waals surface area (Å²) in [5.74, 6) is 1.47. The summed E-state index contributed by atoms with van der Waals surface area (Å²) >= 11 is 13.7. The lowest BCUT2D eigenvalue weighted by atomic mass is 10.0. The van der Waals surface area contributed by atoms with E-state index in [0.717, 1.165) is 21.9 Å². The Hall–Kier alpha value is -0.970. The van der Waals surface area contributed by atoms with Crippen molar-refractivity contribution in [1.82, 2.24) is 9.97 Å². The van der Waals surface area contributed by atoms with Crippen LogP contribution in [0.3, 0.4) is 0 Å². The van der Waals surface area contributed by atoms with Gasteiger partial charge in [0, 0.05) is 11.1 Å². The molecule has 1 aromatic heterocycles. The second-order valence-corrected chi connectivity index (χ2v) is 6.48. The Morgan fingerprint density at radius 2 is 1.86 bits per heavy atom. The van der Waals surface area contributed by atoms with E-state index in [0.29, 0.717) is 22.1 Å². The summed E-state index contributed by atoms with van der Waals surface area (Å²) < 4.78 is 5.87. The van der Waals surface area contributed by atoms with Crippen molar-refractivity contribution in [2.75, 3.05) is 6.26 Å². The first-order valence-corrected chi connectivity index (χ1v) is 8.45. The van der Waals surface area contributed by atoms with Gasteiger partial charge in [-0.1, -0.05) is 48.8 Å². The molecule has 0 aliphatic carbocycles. The standard InChI is InChI=1S/C15H16Cl2N2OS/c1-8(2)10-6-12(9(3)5-11(10)16)20-14-7-13(17)18-15(19-14)21-4/h5-8H,1-4H3. The number of aryl methyl sites for hydroxylation is 1. The van der Waals surface area contributed by atoms with Gasteiger partial charge in [0.25, 0.3) is 0 Å². The number of ether oxygens (including phenoxy) is 1. The third-order valence-corrected chi connectivity index (χ3v) is 4.03. The van der Waals surface area contributed by atoms with E-state index in [1.807, 2.05) is 25.3 Å². The molecule has 3 nitrogen and oxygen atoms in total.